The van der Waals surface area contributed by atoms with Gasteiger partial charge in [-0.1, -0.05) is 11.6 Å². The summed E-state index contributed by atoms with van der Waals surface area (Å²) >= 11 is 0. The maximum atomic E-state index is 12.9. The molecule has 5 rings (SSSR count). The number of ketones is 1. The molecule has 1 saturated heterocycles. The molecule has 0 radical (unpaired) electrons. The molecule has 1 saturated carbocycles. The largest absolute Gasteiger partial charge is 0.477 e. The highest BCUT2D eigenvalue weighted by atomic mass is 16.5. The van der Waals surface area contributed by atoms with Gasteiger partial charge in [-0.3, -0.25) is 9.69 Å². The lowest BCUT2D eigenvalue weighted by Crippen LogP contribution is -2.41. The third kappa shape index (κ3) is 3.82. The van der Waals surface area contributed by atoms with Gasteiger partial charge >= 0.3 is 5.97 Å². The van der Waals surface area contributed by atoms with Crippen LogP contribution in [0.15, 0.2) is 10.6 Å². The number of carbonyl (C=O) groups excluding carboxylic acids is 1. The normalized spacial score (nSPS) is 26.4. The third-order valence-electron chi connectivity index (χ3n) is 7.60. The van der Waals surface area contributed by atoms with Crippen molar-refractivity contribution in [2.75, 3.05) is 13.6 Å². The SMILES string of the molecule is C[C@H](Oc1cc(C(=O)O)nc(-c2noc3c2CCC[C@@]32CCCCC2=O)n1)[C@@H]1CCCN1C. The fourth-order valence-corrected chi connectivity index (χ4v) is 5.87. The molecule has 3 aliphatic rings. The zero-order valence-electron chi connectivity index (χ0n) is 19.2. The second-order valence-corrected chi connectivity index (χ2v) is 9.64. The number of likely N-dealkylation sites (tertiary alicyclic amines) is 1. The van der Waals surface area contributed by atoms with Crippen molar-refractivity contribution in [3.8, 4) is 17.4 Å². The molecular formula is C24H30N4O5. The second kappa shape index (κ2) is 8.52. The first-order valence-corrected chi connectivity index (χ1v) is 11.9. The fourth-order valence-electron chi connectivity index (χ4n) is 5.87. The molecule has 33 heavy (non-hydrogen) atoms. The molecule has 2 aromatic heterocycles. The van der Waals surface area contributed by atoms with Gasteiger partial charge in [-0.25, -0.2) is 9.78 Å². The monoisotopic (exact) mass is 454 g/mol. The predicted molar refractivity (Wildman–Crippen MR) is 118 cm³/mol. The third-order valence-corrected chi connectivity index (χ3v) is 7.60. The van der Waals surface area contributed by atoms with Crippen LogP contribution >= 0.6 is 0 Å². The first-order chi connectivity index (χ1) is 15.9. The fraction of sp³-hybridized carbons (Fsp3) is 0.625. The van der Waals surface area contributed by atoms with E-state index in [4.69, 9.17) is 9.26 Å². The van der Waals surface area contributed by atoms with Crippen LogP contribution in [-0.2, 0) is 16.6 Å². The molecule has 0 aromatic carbocycles. The summed E-state index contributed by atoms with van der Waals surface area (Å²) < 4.78 is 11.9. The van der Waals surface area contributed by atoms with Crippen LogP contribution in [0, 0.1) is 0 Å². The Morgan fingerprint density at radius 2 is 2.06 bits per heavy atom. The van der Waals surface area contributed by atoms with Crippen LogP contribution in [0.25, 0.3) is 11.5 Å². The Kier molecular flexibility index (Phi) is 5.68. The topological polar surface area (TPSA) is 119 Å². The summed E-state index contributed by atoms with van der Waals surface area (Å²) in [6.45, 7) is 2.99. The van der Waals surface area contributed by atoms with Crippen LogP contribution in [0.5, 0.6) is 5.88 Å². The van der Waals surface area contributed by atoms with Crippen LogP contribution in [0.2, 0.25) is 0 Å². The number of rotatable bonds is 5. The standard InChI is InChI=1S/C24H30N4O5/c1-14(17-8-6-12-28(17)2)32-19-13-16(23(30)31)25-22(26-19)20-15-7-5-11-24(21(15)33-27-20)10-4-3-9-18(24)29/h13-14,17H,3-12H2,1-2H3,(H,30,31)/t14-,17-,24+/m0/s1. The molecular weight excluding hydrogens is 424 g/mol. The molecule has 1 spiro atoms. The molecule has 3 heterocycles. The van der Waals surface area contributed by atoms with Crippen LogP contribution in [0.1, 0.15) is 80.1 Å². The quantitative estimate of drug-likeness (QED) is 0.725. The van der Waals surface area contributed by atoms with E-state index in [2.05, 4.69) is 27.1 Å². The number of aromatic carboxylic acids is 1. The van der Waals surface area contributed by atoms with E-state index in [9.17, 15) is 14.7 Å². The minimum Gasteiger partial charge on any atom is -0.477 e. The minimum absolute atomic E-state index is 0.155. The van der Waals surface area contributed by atoms with Crippen LogP contribution in [0.4, 0.5) is 0 Å². The number of hydrogen-bond acceptors (Lipinski definition) is 8. The highest BCUT2D eigenvalue weighted by Gasteiger charge is 2.48. The molecule has 9 nitrogen and oxygen atoms in total. The predicted octanol–water partition coefficient (Wildman–Crippen LogP) is 3.41. The maximum absolute atomic E-state index is 12.9. The van der Waals surface area contributed by atoms with Crippen molar-refractivity contribution in [2.24, 2.45) is 0 Å². The highest BCUT2D eigenvalue weighted by molar-refractivity contribution is 5.91. The van der Waals surface area contributed by atoms with Gasteiger partial charge in [0.1, 0.15) is 11.9 Å². The Labute approximate surface area is 192 Å². The lowest BCUT2D eigenvalue weighted by Gasteiger charge is -2.36. The number of carbonyl (C=O) groups is 2. The average molecular weight is 455 g/mol. The van der Waals surface area contributed by atoms with Gasteiger partial charge < -0.3 is 14.4 Å². The maximum Gasteiger partial charge on any atom is 0.354 e. The molecule has 2 aromatic rings. The van der Waals surface area contributed by atoms with Crippen molar-refractivity contribution < 1.29 is 24.0 Å². The molecule has 2 aliphatic carbocycles. The van der Waals surface area contributed by atoms with Gasteiger partial charge in [0, 0.05) is 24.1 Å². The summed E-state index contributed by atoms with van der Waals surface area (Å²) in [5, 5.41) is 13.9. The number of Topliss-reactive ketones (excluding diaryl/α,β-unsaturated/α-hetero) is 1. The second-order valence-electron chi connectivity index (χ2n) is 9.64. The van der Waals surface area contributed by atoms with Crippen molar-refractivity contribution >= 4 is 11.8 Å². The zero-order chi connectivity index (χ0) is 23.2. The summed E-state index contributed by atoms with van der Waals surface area (Å²) in [5.41, 5.74) is 0.482. The lowest BCUT2D eigenvalue weighted by atomic mass is 9.64. The molecule has 9 heteroatoms. The van der Waals surface area contributed by atoms with Crippen molar-refractivity contribution in [3.05, 3.63) is 23.1 Å². The summed E-state index contributed by atoms with van der Waals surface area (Å²) in [4.78, 5) is 35.8. The summed E-state index contributed by atoms with van der Waals surface area (Å²) in [5.74, 6) is 0.0613. The van der Waals surface area contributed by atoms with E-state index in [1.807, 2.05) is 6.92 Å². The molecule has 176 valence electrons. The Morgan fingerprint density at radius 1 is 1.24 bits per heavy atom. The van der Waals surface area contributed by atoms with Gasteiger partial charge in [-0.05, 0) is 65.5 Å². The van der Waals surface area contributed by atoms with Crippen molar-refractivity contribution in [3.63, 3.8) is 0 Å². The molecule has 0 unspecified atom stereocenters. The van der Waals surface area contributed by atoms with Gasteiger partial charge in [-0.2, -0.15) is 4.98 Å². The smallest absolute Gasteiger partial charge is 0.354 e. The number of ether oxygens (including phenoxy) is 1. The van der Waals surface area contributed by atoms with Crippen LogP contribution in [0.3, 0.4) is 0 Å². The van der Waals surface area contributed by atoms with E-state index in [0.717, 1.165) is 57.1 Å². The van der Waals surface area contributed by atoms with E-state index in [1.54, 1.807) is 0 Å². The van der Waals surface area contributed by atoms with Gasteiger partial charge in [0.2, 0.25) is 5.88 Å². The number of carboxylic acids is 1. The van der Waals surface area contributed by atoms with Gasteiger partial charge in [0.05, 0.1) is 5.41 Å². The van der Waals surface area contributed by atoms with Crippen molar-refractivity contribution in [2.45, 2.75) is 82.3 Å². The van der Waals surface area contributed by atoms with Crippen LogP contribution < -0.4 is 4.74 Å². The zero-order valence-corrected chi connectivity index (χ0v) is 19.2. The van der Waals surface area contributed by atoms with Crippen molar-refractivity contribution in [1.29, 1.82) is 0 Å². The van der Waals surface area contributed by atoms with E-state index in [-0.39, 0.29) is 35.3 Å². The number of nitrogens with zero attached hydrogens (tertiary/aromatic N) is 4. The number of likely N-dealkylation sites (N-methyl/N-ethyl adjacent to an activating group) is 1. The molecule has 0 bridgehead atoms. The Hall–Kier alpha value is -2.81. The molecule has 0 amide bonds. The van der Waals surface area contributed by atoms with Gasteiger partial charge in [0.25, 0.3) is 0 Å². The number of fused-ring (bicyclic) bond motifs is 2. The van der Waals surface area contributed by atoms with Gasteiger partial charge in [0.15, 0.2) is 23.0 Å². The van der Waals surface area contributed by atoms with E-state index >= 15 is 0 Å². The Morgan fingerprint density at radius 3 is 2.79 bits per heavy atom. The summed E-state index contributed by atoms with van der Waals surface area (Å²) in [6.07, 6.45) is 7.51. The summed E-state index contributed by atoms with van der Waals surface area (Å²) in [6, 6.07) is 1.60. The summed E-state index contributed by atoms with van der Waals surface area (Å²) in [7, 11) is 2.07. The lowest BCUT2D eigenvalue weighted by molar-refractivity contribution is -0.128. The number of aromatic nitrogens is 3. The Balaban J connectivity index is 1.51. The highest BCUT2D eigenvalue weighted by Crippen LogP contribution is 2.47. The molecule has 2 fully saturated rings. The molecule has 1 aliphatic heterocycles. The van der Waals surface area contributed by atoms with E-state index in [0.29, 0.717) is 24.3 Å². The first kappa shape index (κ1) is 22.0. The minimum atomic E-state index is -1.16. The van der Waals surface area contributed by atoms with Gasteiger partial charge in [-0.15, -0.1) is 0 Å². The number of hydrogen-bond donors (Lipinski definition) is 1. The Bertz CT molecular complexity index is 1080. The average Bonchev–Trinajstić information content (AvgIpc) is 3.42. The van der Waals surface area contributed by atoms with Crippen molar-refractivity contribution in [1.82, 2.24) is 20.0 Å². The molecule has 1 N–H and O–H groups in total. The van der Waals surface area contributed by atoms with Crippen LogP contribution in [-0.4, -0.2) is 62.6 Å². The number of carboxylic acid groups (broad SMARTS) is 1. The molecule has 3 atom stereocenters. The van der Waals surface area contributed by atoms with E-state index < -0.39 is 11.4 Å². The van der Waals surface area contributed by atoms with E-state index in [1.165, 1.54) is 6.07 Å². The first-order valence-electron chi connectivity index (χ1n) is 11.9.